The van der Waals surface area contributed by atoms with Crippen molar-refractivity contribution in [1.82, 2.24) is 0 Å². The molecule has 1 rings (SSSR count). The van der Waals surface area contributed by atoms with Crippen LogP contribution in [0.25, 0.3) is 0 Å². The normalized spacial score (nSPS) is 36.8. The Morgan fingerprint density at radius 3 is 2.38 bits per heavy atom. The standard InChI is InChI=1S/C6H10O.Y/c1-5-2-3-6(7)4-5;/h3,5-7H,1-2,4H2;/q-2;/t5-,6?;/m0./s1. The minimum absolute atomic E-state index is 0. The van der Waals surface area contributed by atoms with Crippen LogP contribution in [0, 0.1) is 19.3 Å². The van der Waals surface area contributed by atoms with Gasteiger partial charge in [0.05, 0.1) is 0 Å². The Balaban J connectivity index is 0.000000490. The van der Waals surface area contributed by atoms with E-state index in [1.165, 1.54) is 0 Å². The topological polar surface area (TPSA) is 20.2 Å². The van der Waals surface area contributed by atoms with Gasteiger partial charge >= 0.3 is 0 Å². The third-order valence-corrected chi connectivity index (χ3v) is 1.32. The maximum atomic E-state index is 8.80. The second-order valence-corrected chi connectivity index (χ2v) is 2.14. The van der Waals surface area contributed by atoms with Crippen molar-refractivity contribution in [2.24, 2.45) is 5.92 Å². The Labute approximate surface area is 75.7 Å². The van der Waals surface area contributed by atoms with Gasteiger partial charge in [-0.3, -0.25) is 0 Å². The Morgan fingerprint density at radius 2 is 2.25 bits per heavy atom. The van der Waals surface area contributed by atoms with Crippen LogP contribution in [0.5, 0.6) is 0 Å². The minimum Gasteiger partial charge on any atom is -0.425 e. The minimum atomic E-state index is -0.164. The molecule has 0 aromatic heterocycles. The molecule has 0 aliphatic heterocycles. The van der Waals surface area contributed by atoms with Crippen LogP contribution in [0.2, 0.25) is 0 Å². The molecule has 1 aliphatic rings. The first-order valence-corrected chi connectivity index (χ1v) is 2.63. The molecular formula is C6H10OY-2. The third-order valence-electron chi connectivity index (χ3n) is 1.32. The predicted molar refractivity (Wildman–Crippen MR) is 28.4 cm³/mol. The van der Waals surface area contributed by atoms with Gasteiger partial charge in [0.15, 0.2) is 0 Å². The van der Waals surface area contributed by atoms with Gasteiger partial charge in [-0.2, -0.15) is 5.92 Å². The van der Waals surface area contributed by atoms with Gasteiger partial charge in [-0.1, -0.05) is 12.5 Å². The zero-order valence-electron chi connectivity index (χ0n) is 4.88. The van der Waals surface area contributed by atoms with E-state index in [0.29, 0.717) is 5.92 Å². The quantitative estimate of drug-likeness (QED) is 0.556. The summed E-state index contributed by atoms with van der Waals surface area (Å²) >= 11 is 0. The van der Waals surface area contributed by atoms with Crippen LogP contribution in [0.15, 0.2) is 0 Å². The summed E-state index contributed by atoms with van der Waals surface area (Å²) in [7, 11) is 0. The first kappa shape index (κ1) is 9.06. The van der Waals surface area contributed by atoms with E-state index in [9.17, 15) is 0 Å². The van der Waals surface area contributed by atoms with Crippen molar-refractivity contribution in [1.29, 1.82) is 0 Å². The van der Waals surface area contributed by atoms with Crippen molar-refractivity contribution >= 4 is 0 Å². The van der Waals surface area contributed by atoms with Gasteiger partial charge < -0.3 is 18.5 Å². The number of aliphatic hydroxyl groups is 1. The predicted octanol–water partition coefficient (Wildman–Crippen LogP) is 0.793. The van der Waals surface area contributed by atoms with E-state index < -0.39 is 0 Å². The third kappa shape index (κ3) is 2.56. The molecule has 0 amide bonds. The van der Waals surface area contributed by atoms with Crippen LogP contribution >= 0.6 is 0 Å². The molecule has 0 aromatic rings. The van der Waals surface area contributed by atoms with Gasteiger partial charge in [0.2, 0.25) is 0 Å². The molecule has 1 radical (unpaired) electrons. The maximum absolute atomic E-state index is 8.80. The Morgan fingerprint density at radius 1 is 1.62 bits per heavy atom. The van der Waals surface area contributed by atoms with E-state index in [1.54, 1.807) is 0 Å². The summed E-state index contributed by atoms with van der Waals surface area (Å²) in [5, 5.41) is 8.80. The van der Waals surface area contributed by atoms with Gasteiger partial charge in [0.25, 0.3) is 0 Å². The summed E-state index contributed by atoms with van der Waals surface area (Å²) in [5.74, 6) is 0.468. The SMILES string of the molecule is [CH2-][C@H]1C[CH-]C(O)C1.[Y]. The van der Waals surface area contributed by atoms with E-state index >= 15 is 0 Å². The summed E-state index contributed by atoms with van der Waals surface area (Å²) in [5.41, 5.74) is 0. The van der Waals surface area contributed by atoms with Gasteiger partial charge in [-0.15, -0.1) is 0 Å². The largest absolute Gasteiger partial charge is 0.425 e. The van der Waals surface area contributed by atoms with E-state index in [0.717, 1.165) is 12.8 Å². The summed E-state index contributed by atoms with van der Waals surface area (Å²) < 4.78 is 0. The zero-order chi connectivity index (χ0) is 5.28. The Kier molecular flexibility index (Phi) is 4.50. The molecule has 8 heavy (non-hydrogen) atoms. The van der Waals surface area contributed by atoms with Gasteiger partial charge in [0, 0.05) is 32.7 Å². The average Bonchev–Trinajstić information content (AvgIpc) is 1.87. The molecule has 0 aromatic carbocycles. The molecule has 1 aliphatic carbocycles. The fraction of sp³-hybridized carbons (Fsp3) is 0.667. The van der Waals surface area contributed by atoms with E-state index in [-0.39, 0.29) is 38.8 Å². The van der Waals surface area contributed by atoms with Crippen LogP contribution in [-0.4, -0.2) is 11.2 Å². The van der Waals surface area contributed by atoms with Crippen molar-refractivity contribution in [2.75, 3.05) is 0 Å². The number of hydrogen-bond donors (Lipinski definition) is 1. The van der Waals surface area contributed by atoms with E-state index in [4.69, 9.17) is 5.11 Å². The monoisotopic (exact) mass is 187 g/mol. The molecule has 0 spiro atoms. The van der Waals surface area contributed by atoms with Crippen molar-refractivity contribution in [3.8, 4) is 0 Å². The molecule has 1 nitrogen and oxygen atoms in total. The van der Waals surface area contributed by atoms with E-state index in [2.05, 4.69) is 6.92 Å². The summed E-state index contributed by atoms with van der Waals surface area (Å²) in [6.07, 6.45) is 3.60. The molecule has 1 unspecified atom stereocenters. The van der Waals surface area contributed by atoms with Crippen molar-refractivity contribution in [2.45, 2.75) is 18.9 Å². The molecule has 1 N–H and O–H groups in total. The molecule has 0 saturated heterocycles. The van der Waals surface area contributed by atoms with Crippen LogP contribution in [0.1, 0.15) is 12.8 Å². The molecule has 2 atom stereocenters. The molecular weight excluding hydrogens is 177 g/mol. The molecule has 45 valence electrons. The summed E-state index contributed by atoms with van der Waals surface area (Å²) in [6, 6.07) is 0. The van der Waals surface area contributed by atoms with Crippen LogP contribution in [-0.2, 0) is 32.7 Å². The molecule has 0 heterocycles. The Hall–Kier alpha value is 1.06. The fourth-order valence-corrected chi connectivity index (χ4v) is 0.884. The number of aliphatic hydroxyl groups excluding tert-OH is 1. The number of hydrogen-bond acceptors (Lipinski definition) is 1. The first-order valence-electron chi connectivity index (χ1n) is 2.63. The van der Waals surface area contributed by atoms with Crippen molar-refractivity contribution in [3.05, 3.63) is 13.3 Å². The molecule has 1 saturated carbocycles. The second-order valence-electron chi connectivity index (χ2n) is 2.14. The van der Waals surface area contributed by atoms with Crippen molar-refractivity contribution in [3.63, 3.8) is 0 Å². The smallest absolute Gasteiger partial charge is 0 e. The Bertz CT molecular complexity index is 57.5. The zero-order valence-corrected chi connectivity index (χ0v) is 7.72. The first-order chi connectivity index (χ1) is 3.29. The average molecular weight is 187 g/mol. The number of rotatable bonds is 0. The summed E-state index contributed by atoms with van der Waals surface area (Å²) in [4.78, 5) is 0. The fourth-order valence-electron chi connectivity index (χ4n) is 0.884. The van der Waals surface area contributed by atoms with Crippen LogP contribution in [0.4, 0.5) is 0 Å². The molecule has 0 bridgehead atoms. The van der Waals surface area contributed by atoms with Crippen LogP contribution in [0.3, 0.4) is 0 Å². The van der Waals surface area contributed by atoms with Crippen molar-refractivity contribution < 1.29 is 37.8 Å². The molecule has 1 fully saturated rings. The van der Waals surface area contributed by atoms with Crippen LogP contribution < -0.4 is 0 Å². The van der Waals surface area contributed by atoms with Gasteiger partial charge in [-0.05, 0) is 0 Å². The van der Waals surface area contributed by atoms with E-state index in [1.807, 2.05) is 6.42 Å². The molecule has 2 heteroatoms. The van der Waals surface area contributed by atoms with Gasteiger partial charge in [-0.25, -0.2) is 6.42 Å². The second kappa shape index (κ2) is 3.97. The maximum Gasteiger partial charge on any atom is 0 e. The summed E-state index contributed by atoms with van der Waals surface area (Å²) in [6.45, 7) is 3.80. The van der Waals surface area contributed by atoms with Gasteiger partial charge in [0.1, 0.15) is 0 Å².